The summed E-state index contributed by atoms with van der Waals surface area (Å²) in [7, 11) is 0. The van der Waals surface area contributed by atoms with Crippen LogP contribution in [0.25, 0.3) is 16.7 Å². The molecule has 0 unspecified atom stereocenters. The van der Waals surface area contributed by atoms with Crippen molar-refractivity contribution in [2.45, 2.75) is 13.5 Å². The number of fused-ring (bicyclic) bond motifs is 2. The number of anilines is 1. The first-order valence-corrected chi connectivity index (χ1v) is 10.3. The number of nitrogen functional groups attached to an aromatic ring is 1. The largest absolute Gasteiger partial charge is 0.379 e. The second kappa shape index (κ2) is 8.83. The number of carbonyl (C=O) groups excluding carboxylic acids is 1. The minimum atomic E-state index is -0.354. The molecule has 0 radical (unpaired) electrons. The molecule has 0 spiro atoms. The van der Waals surface area contributed by atoms with E-state index < -0.39 is 0 Å². The average molecular weight is 423 g/mol. The zero-order valence-electron chi connectivity index (χ0n) is 17.6. The van der Waals surface area contributed by atoms with Crippen LogP contribution in [-0.4, -0.2) is 59.6 Å². The second-order valence-electron chi connectivity index (χ2n) is 7.64. The highest BCUT2D eigenvalue weighted by molar-refractivity contribution is 6.00. The highest BCUT2D eigenvalue weighted by atomic mass is 16.5. The summed E-state index contributed by atoms with van der Waals surface area (Å²) in [6, 6.07) is 5.26. The van der Waals surface area contributed by atoms with E-state index in [9.17, 15) is 9.59 Å². The van der Waals surface area contributed by atoms with E-state index in [4.69, 9.17) is 15.5 Å². The van der Waals surface area contributed by atoms with Gasteiger partial charge < -0.3 is 15.8 Å². The average Bonchev–Trinajstić information content (AvgIpc) is 2.78. The van der Waals surface area contributed by atoms with Crippen LogP contribution in [0.15, 0.2) is 41.8 Å². The molecule has 0 atom stereocenters. The van der Waals surface area contributed by atoms with E-state index in [1.165, 1.54) is 4.40 Å². The lowest BCUT2D eigenvalue weighted by Crippen LogP contribution is -2.48. The summed E-state index contributed by atoms with van der Waals surface area (Å²) in [6.45, 7) is 10.1. The van der Waals surface area contributed by atoms with Crippen LogP contribution in [0.1, 0.15) is 15.9 Å². The predicted molar refractivity (Wildman–Crippen MR) is 118 cm³/mol. The normalized spacial score (nSPS) is 14.7. The van der Waals surface area contributed by atoms with Crippen LogP contribution in [-0.2, 0) is 11.3 Å². The number of carbonyl (C=O) groups is 1. The van der Waals surface area contributed by atoms with Gasteiger partial charge in [0.1, 0.15) is 10.9 Å². The summed E-state index contributed by atoms with van der Waals surface area (Å²) >= 11 is 0. The van der Waals surface area contributed by atoms with Gasteiger partial charge in [-0.1, -0.05) is 17.1 Å². The van der Waals surface area contributed by atoms with E-state index in [1.54, 1.807) is 22.9 Å². The summed E-state index contributed by atoms with van der Waals surface area (Å²) in [6.07, 6.45) is 3.34. The third kappa shape index (κ3) is 4.14. The van der Waals surface area contributed by atoms with Gasteiger partial charge in [-0.2, -0.15) is 0 Å². The van der Waals surface area contributed by atoms with Gasteiger partial charge in [-0.3, -0.25) is 18.9 Å². The summed E-state index contributed by atoms with van der Waals surface area (Å²) in [5.74, 6) is -0.0705. The van der Waals surface area contributed by atoms with Gasteiger partial charge in [-0.05, 0) is 24.6 Å². The molecule has 31 heavy (non-hydrogen) atoms. The van der Waals surface area contributed by atoms with Crippen molar-refractivity contribution >= 4 is 28.4 Å². The summed E-state index contributed by atoms with van der Waals surface area (Å²) < 4.78 is 8.70. The molecule has 1 aliphatic rings. The van der Waals surface area contributed by atoms with E-state index in [0.717, 1.165) is 18.7 Å². The van der Waals surface area contributed by atoms with Gasteiger partial charge in [0.25, 0.3) is 17.1 Å². The third-order valence-corrected chi connectivity index (χ3v) is 5.49. The summed E-state index contributed by atoms with van der Waals surface area (Å²) in [4.78, 5) is 33.0. The van der Waals surface area contributed by atoms with E-state index in [1.807, 2.05) is 19.1 Å². The molecule has 1 aliphatic heterocycles. The molecular weight excluding hydrogens is 396 g/mol. The summed E-state index contributed by atoms with van der Waals surface area (Å²) in [5.41, 5.74) is 8.40. The topological polar surface area (TPSA) is 106 Å². The Kier molecular flexibility index (Phi) is 5.97. The lowest BCUT2D eigenvalue weighted by molar-refractivity contribution is -0.658. The number of rotatable bonds is 6. The Balaban J connectivity index is 1.88. The SMILES string of the molecule is C=CCNC(=O)c1cc2c(=O)n3cc(C)ccc3nc2[n+](CCN2CCOCC2)c1N. The molecule has 4 heterocycles. The van der Waals surface area contributed by atoms with Gasteiger partial charge in [0.05, 0.1) is 19.8 Å². The predicted octanol–water partition coefficient (Wildman–Crippen LogP) is 0.274. The number of hydrogen-bond acceptors (Lipinski definition) is 6. The monoisotopic (exact) mass is 423 g/mol. The maximum absolute atomic E-state index is 13.3. The van der Waals surface area contributed by atoms with Crippen LogP contribution in [0.4, 0.5) is 5.82 Å². The number of aryl methyl sites for hydroxylation is 1. The van der Waals surface area contributed by atoms with Crippen molar-refractivity contribution < 1.29 is 14.1 Å². The molecule has 0 aliphatic carbocycles. The van der Waals surface area contributed by atoms with Crippen molar-refractivity contribution in [3.8, 4) is 0 Å². The van der Waals surface area contributed by atoms with Crippen LogP contribution >= 0.6 is 0 Å². The van der Waals surface area contributed by atoms with Gasteiger partial charge in [0, 0.05) is 32.4 Å². The van der Waals surface area contributed by atoms with E-state index in [-0.39, 0.29) is 22.8 Å². The number of nitrogens with one attached hydrogen (secondary N) is 1. The number of amides is 1. The van der Waals surface area contributed by atoms with E-state index in [0.29, 0.717) is 49.5 Å². The maximum atomic E-state index is 13.3. The molecule has 1 amide bonds. The first-order chi connectivity index (χ1) is 15.0. The highest BCUT2D eigenvalue weighted by Gasteiger charge is 2.25. The van der Waals surface area contributed by atoms with Crippen LogP contribution < -0.4 is 21.2 Å². The van der Waals surface area contributed by atoms with Crippen molar-refractivity contribution in [3.63, 3.8) is 0 Å². The Morgan fingerprint density at radius 3 is 2.90 bits per heavy atom. The maximum Gasteiger partial charge on any atom is 0.278 e. The van der Waals surface area contributed by atoms with Gasteiger partial charge in [0.15, 0.2) is 0 Å². The van der Waals surface area contributed by atoms with Gasteiger partial charge in [0.2, 0.25) is 11.5 Å². The highest BCUT2D eigenvalue weighted by Crippen LogP contribution is 2.15. The minimum absolute atomic E-state index is 0.235. The minimum Gasteiger partial charge on any atom is -0.379 e. The van der Waals surface area contributed by atoms with Gasteiger partial charge >= 0.3 is 0 Å². The fraction of sp³-hybridized carbons (Fsp3) is 0.364. The Bertz CT molecular complexity index is 1210. The molecule has 9 heteroatoms. The first kappa shape index (κ1) is 21.0. The number of hydrogen-bond donors (Lipinski definition) is 2. The number of aromatic nitrogens is 3. The van der Waals surface area contributed by atoms with E-state index >= 15 is 0 Å². The van der Waals surface area contributed by atoms with Crippen molar-refractivity contribution in [1.29, 1.82) is 0 Å². The first-order valence-electron chi connectivity index (χ1n) is 10.3. The Labute approximate surface area is 179 Å². The Hall–Kier alpha value is -3.30. The number of ether oxygens (including phenoxy) is 1. The van der Waals surface area contributed by atoms with Crippen LogP contribution in [0.2, 0.25) is 0 Å². The number of pyridine rings is 2. The van der Waals surface area contributed by atoms with Crippen molar-refractivity contribution in [2.75, 3.05) is 45.1 Å². The molecule has 0 bridgehead atoms. The molecule has 0 aromatic carbocycles. The molecule has 1 saturated heterocycles. The number of nitrogens with zero attached hydrogens (tertiary/aromatic N) is 4. The molecule has 4 rings (SSSR count). The summed E-state index contributed by atoms with van der Waals surface area (Å²) in [5, 5.41) is 3.10. The van der Waals surface area contributed by atoms with Crippen LogP contribution in [0.3, 0.4) is 0 Å². The molecule has 0 saturated carbocycles. The lowest BCUT2D eigenvalue weighted by atomic mass is 10.1. The lowest BCUT2D eigenvalue weighted by Gasteiger charge is -2.26. The van der Waals surface area contributed by atoms with Crippen LogP contribution in [0, 0.1) is 6.92 Å². The van der Waals surface area contributed by atoms with Crippen molar-refractivity contribution in [1.82, 2.24) is 19.6 Å². The standard InChI is InChI=1S/C22H26N6O3/c1-3-6-24-21(29)16-13-17-20(25-18-5-4-15(2)14-28(18)22(17)30)27(19(16)23)8-7-26-9-11-31-12-10-26/h3-5,13-14,23H,1,6-12H2,2H3,(H,24,29)/p+1. The van der Waals surface area contributed by atoms with Crippen molar-refractivity contribution in [2.24, 2.45) is 0 Å². The Morgan fingerprint density at radius 2 is 2.16 bits per heavy atom. The molecule has 3 N–H and O–H groups in total. The van der Waals surface area contributed by atoms with Gasteiger partial charge in [-0.15, -0.1) is 6.58 Å². The van der Waals surface area contributed by atoms with Gasteiger partial charge in [-0.25, -0.2) is 4.57 Å². The van der Waals surface area contributed by atoms with E-state index in [2.05, 4.69) is 16.8 Å². The van der Waals surface area contributed by atoms with Crippen LogP contribution in [0.5, 0.6) is 0 Å². The molecule has 162 valence electrons. The van der Waals surface area contributed by atoms with Crippen molar-refractivity contribution in [3.05, 3.63) is 58.5 Å². The molecule has 9 nitrogen and oxygen atoms in total. The molecule has 3 aromatic rings. The zero-order valence-corrected chi connectivity index (χ0v) is 17.6. The number of nitrogens with two attached hydrogens (primary N) is 1. The molecule has 1 fully saturated rings. The second-order valence-corrected chi connectivity index (χ2v) is 7.64. The number of morpholine rings is 1. The fourth-order valence-electron chi connectivity index (χ4n) is 3.79. The Morgan fingerprint density at radius 1 is 1.39 bits per heavy atom. The molecular formula is C22H27N6O3+. The quantitative estimate of drug-likeness (QED) is 0.335. The zero-order chi connectivity index (χ0) is 22.0. The fourth-order valence-corrected chi connectivity index (χ4v) is 3.79. The third-order valence-electron chi connectivity index (χ3n) is 5.49. The molecule has 3 aromatic heterocycles. The smallest absolute Gasteiger partial charge is 0.278 e.